The van der Waals surface area contributed by atoms with Gasteiger partial charge < -0.3 is 5.11 Å². The average Bonchev–Trinajstić information content (AvgIpc) is 2.16. The molecule has 0 aliphatic heterocycles. The van der Waals surface area contributed by atoms with Crippen LogP contribution in [0.4, 0.5) is 0 Å². The Bertz CT molecular complexity index is 184. The second kappa shape index (κ2) is 5.55. The summed E-state index contributed by atoms with van der Waals surface area (Å²) < 4.78 is 0. The second-order valence-corrected chi connectivity index (χ2v) is 4.95. The lowest BCUT2D eigenvalue weighted by Crippen LogP contribution is -2.30. The van der Waals surface area contributed by atoms with Crippen LogP contribution in [-0.2, 0) is 0 Å². The number of hydrogen-bond donors (Lipinski definition) is 1. The van der Waals surface area contributed by atoms with E-state index in [0.717, 1.165) is 24.7 Å². The van der Waals surface area contributed by atoms with Crippen LogP contribution in [0.2, 0.25) is 0 Å². The van der Waals surface area contributed by atoms with Gasteiger partial charge in [0.1, 0.15) is 0 Å². The van der Waals surface area contributed by atoms with Crippen molar-refractivity contribution in [2.75, 3.05) is 0 Å². The third-order valence-electron chi connectivity index (χ3n) is 3.60. The fourth-order valence-electron chi connectivity index (χ4n) is 2.45. The maximum atomic E-state index is 9.86. The van der Waals surface area contributed by atoms with Crippen molar-refractivity contribution in [2.45, 2.75) is 52.6 Å². The van der Waals surface area contributed by atoms with Gasteiger partial charge in [-0.3, -0.25) is 0 Å². The minimum Gasteiger partial charge on any atom is -0.393 e. The van der Waals surface area contributed by atoms with Crippen LogP contribution in [-0.4, -0.2) is 11.2 Å². The highest BCUT2D eigenvalue weighted by molar-refractivity contribution is 4.88. The van der Waals surface area contributed by atoms with E-state index in [1.165, 1.54) is 12.8 Å². The molecule has 3 unspecified atom stereocenters. The van der Waals surface area contributed by atoms with Crippen LogP contribution < -0.4 is 0 Å². The highest BCUT2D eigenvalue weighted by Crippen LogP contribution is 2.35. The van der Waals surface area contributed by atoms with Crippen molar-refractivity contribution in [3.8, 4) is 0 Å². The number of aliphatic hydroxyl groups excluding tert-OH is 1. The smallest absolute Gasteiger partial charge is 0.0571 e. The lowest BCUT2D eigenvalue weighted by atomic mass is 9.73. The van der Waals surface area contributed by atoms with Crippen LogP contribution in [0.3, 0.4) is 0 Å². The number of allylic oxidation sites excluding steroid dienone is 2. The predicted molar refractivity (Wildman–Crippen MR) is 61.1 cm³/mol. The van der Waals surface area contributed by atoms with Gasteiger partial charge >= 0.3 is 0 Å². The molecule has 1 N–H and O–H groups in total. The summed E-state index contributed by atoms with van der Waals surface area (Å²) in [7, 11) is 0. The van der Waals surface area contributed by atoms with Crippen molar-refractivity contribution < 1.29 is 5.11 Å². The van der Waals surface area contributed by atoms with Gasteiger partial charge in [-0.05, 0) is 50.4 Å². The Morgan fingerprint density at radius 2 is 2.07 bits per heavy atom. The SMILES string of the molecule is CC=CCC1CC(C(C)C)CCC1O. The Labute approximate surface area is 88.2 Å². The summed E-state index contributed by atoms with van der Waals surface area (Å²) in [5, 5.41) is 9.86. The minimum absolute atomic E-state index is 0.0544. The van der Waals surface area contributed by atoms with E-state index in [9.17, 15) is 5.11 Å². The van der Waals surface area contributed by atoms with Crippen LogP contribution in [0.1, 0.15) is 46.5 Å². The van der Waals surface area contributed by atoms with Gasteiger partial charge in [-0.15, -0.1) is 0 Å². The van der Waals surface area contributed by atoms with E-state index >= 15 is 0 Å². The molecule has 1 saturated carbocycles. The van der Waals surface area contributed by atoms with Gasteiger partial charge in [0, 0.05) is 0 Å². The predicted octanol–water partition coefficient (Wildman–Crippen LogP) is 3.39. The van der Waals surface area contributed by atoms with Crippen LogP contribution in [0.15, 0.2) is 12.2 Å². The van der Waals surface area contributed by atoms with E-state index in [0.29, 0.717) is 5.92 Å². The fraction of sp³-hybridized carbons (Fsp3) is 0.846. The molecule has 3 atom stereocenters. The molecule has 0 aromatic heterocycles. The molecule has 0 heterocycles. The highest BCUT2D eigenvalue weighted by Gasteiger charge is 2.29. The van der Waals surface area contributed by atoms with Crippen molar-refractivity contribution in [3.05, 3.63) is 12.2 Å². The Balaban J connectivity index is 2.46. The van der Waals surface area contributed by atoms with Gasteiger partial charge in [0.2, 0.25) is 0 Å². The fourth-order valence-corrected chi connectivity index (χ4v) is 2.45. The van der Waals surface area contributed by atoms with Crippen LogP contribution in [0, 0.1) is 17.8 Å². The second-order valence-electron chi connectivity index (χ2n) is 4.95. The third kappa shape index (κ3) is 3.13. The lowest BCUT2D eigenvalue weighted by molar-refractivity contribution is 0.0391. The summed E-state index contributed by atoms with van der Waals surface area (Å²) in [5.74, 6) is 2.11. The maximum Gasteiger partial charge on any atom is 0.0571 e. The van der Waals surface area contributed by atoms with E-state index in [-0.39, 0.29) is 6.10 Å². The summed E-state index contributed by atoms with van der Waals surface area (Å²) in [4.78, 5) is 0. The van der Waals surface area contributed by atoms with E-state index < -0.39 is 0 Å². The van der Waals surface area contributed by atoms with Crippen molar-refractivity contribution in [2.24, 2.45) is 17.8 Å². The molecule has 1 fully saturated rings. The minimum atomic E-state index is -0.0544. The summed E-state index contributed by atoms with van der Waals surface area (Å²) in [6, 6.07) is 0. The van der Waals surface area contributed by atoms with E-state index in [1.807, 2.05) is 0 Å². The molecule has 0 aromatic carbocycles. The van der Waals surface area contributed by atoms with Gasteiger partial charge in [0.15, 0.2) is 0 Å². The van der Waals surface area contributed by atoms with Gasteiger partial charge in [-0.25, -0.2) is 0 Å². The average molecular weight is 196 g/mol. The van der Waals surface area contributed by atoms with Crippen molar-refractivity contribution in [3.63, 3.8) is 0 Å². The van der Waals surface area contributed by atoms with Crippen molar-refractivity contribution in [1.29, 1.82) is 0 Å². The van der Waals surface area contributed by atoms with Crippen LogP contribution >= 0.6 is 0 Å². The Kier molecular flexibility index (Phi) is 4.67. The van der Waals surface area contributed by atoms with E-state index in [4.69, 9.17) is 0 Å². The monoisotopic (exact) mass is 196 g/mol. The molecule has 0 bridgehead atoms. The number of hydrogen-bond acceptors (Lipinski definition) is 1. The highest BCUT2D eigenvalue weighted by atomic mass is 16.3. The normalized spacial score (nSPS) is 34.2. The first-order chi connectivity index (χ1) is 6.65. The van der Waals surface area contributed by atoms with E-state index in [2.05, 4.69) is 32.9 Å². The topological polar surface area (TPSA) is 20.2 Å². The molecule has 0 saturated heterocycles. The Hall–Kier alpha value is -0.300. The molecule has 0 amide bonds. The molecule has 82 valence electrons. The zero-order valence-corrected chi connectivity index (χ0v) is 9.74. The largest absolute Gasteiger partial charge is 0.393 e. The lowest BCUT2D eigenvalue weighted by Gasteiger charge is -2.34. The molecule has 14 heavy (non-hydrogen) atoms. The third-order valence-corrected chi connectivity index (χ3v) is 3.60. The molecule has 1 rings (SSSR count). The summed E-state index contributed by atoms with van der Waals surface area (Å²) in [6.45, 7) is 6.65. The maximum absolute atomic E-state index is 9.86. The van der Waals surface area contributed by atoms with Crippen LogP contribution in [0.25, 0.3) is 0 Å². The summed E-state index contributed by atoms with van der Waals surface area (Å²) in [6.07, 6.45) is 8.71. The van der Waals surface area contributed by atoms with Gasteiger partial charge in [-0.1, -0.05) is 26.0 Å². The molecule has 0 aromatic rings. The molecule has 1 aliphatic rings. The molecule has 1 nitrogen and oxygen atoms in total. The van der Waals surface area contributed by atoms with Gasteiger partial charge in [0.25, 0.3) is 0 Å². The molecule has 1 aliphatic carbocycles. The number of rotatable bonds is 3. The van der Waals surface area contributed by atoms with E-state index in [1.54, 1.807) is 0 Å². The quantitative estimate of drug-likeness (QED) is 0.686. The van der Waals surface area contributed by atoms with Gasteiger partial charge in [-0.2, -0.15) is 0 Å². The Morgan fingerprint density at radius 1 is 1.36 bits per heavy atom. The first kappa shape index (κ1) is 11.8. The first-order valence-corrected chi connectivity index (χ1v) is 5.94. The Morgan fingerprint density at radius 3 is 2.64 bits per heavy atom. The van der Waals surface area contributed by atoms with Crippen molar-refractivity contribution >= 4 is 0 Å². The number of aliphatic hydroxyl groups is 1. The first-order valence-electron chi connectivity index (χ1n) is 5.94. The molecule has 1 heteroatoms. The van der Waals surface area contributed by atoms with Crippen LogP contribution in [0.5, 0.6) is 0 Å². The molecule has 0 radical (unpaired) electrons. The standard InChI is InChI=1S/C13H24O/c1-4-5-6-12-9-11(10(2)3)7-8-13(12)14/h4-5,10-14H,6-9H2,1-3H3. The van der Waals surface area contributed by atoms with Gasteiger partial charge in [0.05, 0.1) is 6.10 Å². The molecule has 0 spiro atoms. The molecular weight excluding hydrogens is 172 g/mol. The van der Waals surface area contributed by atoms with Crippen molar-refractivity contribution in [1.82, 2.24) is 0 Å². The summed E-state index contributed by atoms with van der Waals surface area (Å²) >= 11 is 0. The molecular formula is C13H24O. The zero-order valence-electron chi connectivity index (χ0n) is 9.74. The zero-order chi connectivity index (χ0) is 10.6. The summed E-state index contributed by atoms with van der Waals surface area (Å²) in [5.41, 5.74) is 0.